The smallest absolute Gasteiger partial charge is 0.00577 e. The van der Waals surface area contributed by atoms with E-state index in [0.717, 1.165) is 12.8 Å². The van der Waals surface area contributed by atoms with Gasteiger partial charge in [0.25, 0.3) is 0 Å². The van der Waals surface area contributed by atoms with E-state index < -0.39 is 0 Å². The van der Waals surface area contributed by atoms with Gasteiger partial charge in [-0.2, -0.15) is 0 Å². The van der Waals surface area contributed by atoms with Gasteiger partial charge in [0.1, 0.15) is 0 Å². The van der Waals surface area contributed by atoms with Crippen LogP contribution in [0.5, 0.6) is 0 Å². The van der Waals surface area contributed by atoms with E-state index in [1.54, 1.807) is 5.57 Å². The van der Waals surface area contributed by atoms with E-state index >= 15 is 0 Å². The fourth-order valence-corrected chi connectivity index (χ4v) is 3.84. The second-order valence-corrected chi connectivity index (χ2v) is 9.96. The third-order valence-corrected chi connectivity index (χ3v) is 5.72. The van der Waals surface area contributed by atoms with Crippen molar-refractivity contribution in [3.63, 3.8) is 0 Å². The lowest BCUT2D eigenvalue weighted by atomic mass is 9.78. The Hall–Kier alpha value is -1.82. The van der Waals surface area contributed by atoms with Gasteiger partial charge in [0.05, 0.1) is 0 Å². The van der Waals surface area contributed by atoms with E-state index in [4.69, 9.17) is 0 Å². The lowest BCUT2D eigenvalue weighted by Crippen LogP contribution is -2.16. The number of hydrogen-bond acceptors (Lipinski definition) is 0. The van der Waals surface area contributed by atoms with Gasteiger partial charge in [0.2, 0.25) is 0 Å². The molecule has 0 heterocycles. The van der Waals surface area contributed by atoms with Crippen LogP contribution >= 0.6 is 0 Å². The van der Waals surface area contributed by atoms with E-state index in [0.29, 0.717) is 0 Å². The molecule has 1 aliphatic rings. The topological polar surface area (TPSA) is 0 Å². The molecule has 0 heteroatoms. The Morgan fingerprint density at radius 1 is 0.846 bits per heavy atom. The fourth-order valence-electron chi connectivity index (χ4n) is 3.84. The molecule has 3 rings (SSSR count). The largest absolute Gasteiger partial charge is 0.0655 e. The highest BCUT2D eigenvalue weighted by atomic mass is 14.3. The molecule has 26 heavy (non-hydrogen) atoms. The molecule has 0 aromatic heterocycles. The summed E-state index contributed by atoms with van der Waals surface area (Å²) in [5.74, 6) is 0. The first-order valence-corrected chi connectivity index (χ1v) is 9.99. The molecule has 0 fully saturated rings. The van der Waals surface area contributed by atoms with Gasteiger partial charge in [-0.05, 0) is 69.5 Å². The van der Waals surface area contributed by atoms with Crippen LogP contribution in [0.2, 0.25) is 0 Å². The molecular formula is C26H34. The Morgan fingerprint density at radius 3 is 1.92 bits per heavy atom. The van der Waals surface area contributed by atoms with Crippen LogP contribution in [-0.2, 0) is 17.3 Å². The summed E-state index contributed by atoms with van der Waals surface area (Å²) in [5.41, 5.74) is 11.8. The molecule has 0 saturated carbocycles. The lowest BCUT2D eigenvalue weighted by Gasteiger charge is -2.27. The van der Waals surface area contributed by atoms with Crippen molar-refractivity contribution < 1.29 is 0 Å². The molecular weight excluding hydrogens is 312 g/mol. The number of aryl methyl sites for hydroxylation is 1. The van der Waals surface area contributed by atoms with Gasteiger partial charge in [0, 0.05) is 0 Å². The first kappa shape index (κ1) is 19.0. The second-order valence-electron chi connectivity index (χ2n) is 9.96. The van der Waals surface area contributed by atoms with Crippen molar-refractivity contribution in [1.82, 2.24) is 0 Å². The molecule has 2 aromatic carbocycles. The zero-order chi connectivity index (χ0) is 19.3. The van der Waals surface area contributed by atoms with E-state index in [2.05, 4.69) is 91.8 Å². The molecule has 0 radical (unpaired) electrons. The minimum absolute atomic E-state index is 0.145. The average molecular weight is 347 g/mol. The van der Waals surface area contributed by atoms with Crippen molar-refractivity contribution >= 4 is 6.08 Å². The summed E-state index contributed by atoms with van der Waals surface area (Å²) < 4.78 is 0. The second kappa shape index (κ2) is 6.41. The van der Waals surface area contributed by atoms with Crippen LogP contribution in [-0.4, -0.2) is 0 Å². The summed E-state index contributed by atoms with van der Waals surface area (Å²) in [5, 5.41) is 0. The van der Waals surface area contributed by atoms with Crippen LogP contribution in [0, 0.1) is 6.92 Å². The maximum Gasteiger partial charge on any atom is -0.00577 e. The summed E-state index contributed by atoms with van der Waals surface area (Å²) in [6, 6.07) is 11.9. The molecule has 0 atom stereocenters. The Morgan fingerprint density at radius 2 is 1.42 bits per heavy atom. The first-order chi connectivity index (χ1) is 12.0. The van der Waals surface area contributed by atoms with Gasteiger partial charge in [-0.3, -0.25) is 0 Å². The minimum Gasteiger partial charge on any atom is -0.0655 e. The molecule has 0 N–H and O–H groups in total. The highest BCUT2D eigenvalue weighted by Gasteiger charge is 2.23. The van der Waals surface area contributed by atoms with Gasteiger partial charge >= 0.3 is 0 Å². The number of rotatable bonds is 2. The van der Waals surface area contributed by atoms with Gasteiger partial charge in [-0.25, -0.2) is 0 Å². The normalized spacial score (nSPS) is 14.4. The van der Waals surface area contributed by atoms with Gasteiger partial charge < -0.3 is 0 Å². The average Bonchev–Trinajstić information content (AvgIpc) is 2.95. The molecule has 0 unspecified atom stereocenters. The molecule has 2 aromatic rings. The number of fused-ring (bicyclic) bond motifs is 1. The zero-order valence-corrected chi connectivity index (χ0v) is 17.9. The van der Waals surface area contributed by atoms with Crippen LogP contribution in [0.4, 0.5) is 0 Å². The summed E-state index contributed by atoms with van der Waals surface area (Å²) in [7, 11) is 0. The van der Waals surface area contributed by atoms with Crippen molar-refractivity contribution in [2.24, 2.45) is 0 Å². The van der Waals surface area contributed by atoms with Crippen LogP contribution in [0.15, 0.2) is 35.9 Å². The predicted molar refractivity (Wildman–Crippen MR) is 116 cm³/mol. The molecule has 0 aliphatic heterocycles. The van der Waals surface area contributed by atoms with E-state index in [1.165, 1.54) is 38.9 Å². The summed E-state index contributed by atoms with van der Waals surface area (Å²) in [4.78, 5) is 0. The summed E-state index contributed by atoms with van der Waals surface area (Å²) >= 11 is 0. The maximum atomic E-state index is 2.44. The van der Waals surface area contributed by atoms with Gasteiger partial charge in [-0.1, -0.05) is 90.4 Å². The molecule has 0 bridgehead atoms. The van der Waals surface area contributed by atoms with Gasteiger partial charge in [0.15, 0.2) is 0 Å². The van der Waals surface area contributed by atoms with Gasteiger partial charge in [-0.15, -0.1) is 0 Å². The van der Waals surface area contributed by atoms with E-state index in [9.17, 15) is 0 Å². The van der Waals surface area contributed by atoms with Crippen LogP contribution < -0.4 is 0 Å². The summed E-state index contributed by atoms with van der Waals surface area (Å²) in [6.45, 7) is 18.4. The van der Waals surface area contributed by atoms with E-state index in [1.807, 2.05) is 0 Å². The third-order valence-electron chi connectivity index (χ3n) is 5.72. The van der Waals surface area contributed by atoms with Crippen LogP contribution in [0.25, 0.3) is 17.2 Å². The Balaban J connectivity index is 2.29. The highest BCUT2D eigenvalue weighted by molar-refractivity contribution is 5.83. The van der Waals surface area contributed by atoms with Crippen molar-refractivity contribution in [2.45, 2.75) is 79.1 Å². The summed E-state index contributed by atoms with van der Waals surface area (Å²) in [6.07, 6.45) is 4.70. The number of hydrogen-bond donors (Lipinski definition) is 0. The number of allylic oxidation sites excluding steroid dienone is 1. The maximum absolute atomic E-state index is 2.44. The first-order valence-electron chi connectivity index (χ1n) is 9.99. The zero-order valence-electron chi connectivity index (χ0n) is 17.9. The minimum atomic E-state index is 0.145. The van der Waals surface area contributed by atoms with Crippen molar-refractivity contribution in [3.8, 4) is 11.1 Å². The highest BCUT2D eigenvalue weighted by Crippen LogP contribution is 2.40. The molecule has 0 nitrogen and oxygen atoms in total. The number of benzene rings is 2. The lowest BCUT2D eigenvalue weighted by molar-refractivity contribution is 0.569. The Labute approximate surface area is 160 Å². The fraction of sp³-hybridized carbons (Fsp3) is 0.462. The molecule has 0 saturated heterocycles. The Bertz CT molecular complexity index is 832. The van der Waals surface area contributed by atoms with Crippen molar-refractivity contribution in [1.29, 1.82) is 0 Å². The third kappa shape index (κ3) is 3.52. The molecule has 0 spiro atoms. The Kier molecular flexibility index (Phi) is 4.67. The van der Waals surface area contributed by atoms with Crippen molar-refractivity contribution in [3.05, 3.63) is 63.7 Å². The molecule has 138 valence electrons. The van der Waals surface area contributed by atoms with Crippen molar-refractivity contribution in [2.75, 3.05) is 0 Å². The predicted octanol–water partition coefficient (Wildman–Crippen LogP) is 7.61. The van der Waals surface area contributed by atoms with Crippen LogP contribution in [0.1, 0.15) is 82.7 Å². The monoisotopic (exact) mass is 346 g/mol. The van der Waals surface area contributed by atoms with Crippen LogP contribution in [0.3, 0.4) is 0 Å². The quantitative estimate of drug-likeness (QED) is 0.525. The standard InChI is InChI=1S/C26H34/c1-9-18-12-19-11-10-17(2)24(23(19)13-18)20-14-21(25(3,4)5)16-22(15-20)26(6,7)8/h10-11,13-16H,9,12H2,1-8H3. The van der Waals surface area contributed by atoms with E-state index in [-0.39, 0.29) is 10.8 Å². The SMILES string of the molecule is CCC1=Cc2c(ccc(C)c2-c2cc(C(C)(C)C)cc(C(C)(C)C)c2)C1. The molecule has 1 aliphatic carbocycles. The molecule has 0 amide bonds.